The van der Waals surface area contributed by atoms with Crippen molar-refractivity contribution in [3.05, 3.63) is 0 Å². The summed E-state index contributed by atoms with van der Waals surface area (Å²) in [5.41, 5.74) is 6.04. The predicted octanol–water partition coefficient (Wildman–Crippen LogP) is 3.36. The lowest BCUT2D eigenvalue weighted by molar-refractivity contribution is 0.497. The molecule has 0 bridgehead atoms. The maximum atomic E-state index is 6.02. The number of aliphatic imine (C=N–C) groups is 1. The van der Waals surface area contributed by atoms with Gasteiger partial charge < -0.3 is 5.73 Å². The summed E-state index contributed by atoms with van der Waals surface area (Å²) in [7, 11) is 0. The smallest absolute Gasteiger partial charge is 0.0994 e. The zero-order valence-electron chi connectivity index (χ0n) is 10.7. The first-order valence-corrected chi connectivity index (χ1v) is 6.23. The minimum Gasteiger partial charge on any atom is -0.387 e. The Bertz CT molecular complexity index is 225. The van der Waals surface area contributed by atoms with E-state index in [1.807, 2.05) is 0 Å². The number of rotatable bonds is 1. The van der Waals surface area contributed by atoms with E-state index in [4.69, 9.17) is 10.7 Å². The van der Waals surface area contributed by atoms with Crippen LogP contribution in [0, 0.1) is 11.3 Å². The second kappa shape index (κ2) is 5.00. The fourth-order valence-electron chi connectivity index (χ4n) is 1.99. The number of nitrogens with two attached hydrogens (primary N) is 1. The van der Waals surface area contributed by atoms with E-state index in [1.54, 1.807) is 0 Å². The molecule has 0 radical (unpaired) electrons. The Hall–Kier alpha value is -0.530. The van der Waals surface area contributed by atoms with Gasteiger partial charge in [-0.25, -0.2) is 0 Å². The van der Waals surface area contributed by atoms with Crippen LogP contribution in [-0.2, 0) is 0 Å². The summed E-state index contributed by atoms with van der Waals surface area (Å²) in [6, 6.07) is 0.481. The normalized spacial score (nSPS) is 30.0. The summed E-state index contributed by atoms with van der Waals surface area (Å²) in [5.74, 6) is 1.70. The third kappa shape index (κ3) is 4.23. The van der Waals surface area contributed by atoms with E-state index in [2.05, 4.69) is 27.7 Å². The summed E-state index contributed by atoms with van der Waals surface area (Å²) in [6.07, 6.45) is 6.43. The molecular weight excluding hydrogens is 184 g/mol. The van der Waals surface area contributed by atoms with Crippen molar-refractivity contribution in [2.24, 2.45) is 22.1 Å². The van der Waals surface area contributed by atoms with Crippen LogP contribution in [0.4, 0.5) is 0 Å². The van der Waals surface area contributed by atoms with Crippen molar-refractivity contribution in [2.45, 2.75) is 65.8 Å². The molecule has 0 aromatic rings. The van der Waals surface area contributed by atoms with Crippen molar-refractivity contribution >= 4 is 5.84 Å². The van der Waals surface area contributed by atoms with Gasteiger partial charge in [-0.2, -0.15) is 0 Å². The standard InChI is InChI=1S/C13H26N2/c1-10-6-5-7-11(9-8-10)15-12(14)13(2,3)4/h10-11H,5-9H2,1-4H3,(H2,14,15). The lowest BCUT2D eigenvalue weighted by Gasteiger charge is -2.20. The van der Waals surface area contributed by atoms with Gasteiger partial charge in [0.15, 0.2) is 0 Å². The molecule has 1 rings (SSSR count). The molecule has 1 fully saturated rings. The van der Waals surface area contributed by atoms with Crippen molar-refractivity contribution in [1.82, 2.24) is 0 Å². The maximum Gasteiger partial charge on any atom is 0.0994 e. The van der Waals surface area contributed by atoms with E-state index in [9.17, 15) is 0 Å². The molecule has 1 aliphatic rings. The van der Waals surface area contributed by atoms with Crippen LogP contribution >= 0.6 is 0 Å². The fraction of sp³-hybridized carbons (Fsp3) is 0.923. The Morgan fingerprint density at radius 1 is 1.13 bits per heavy atom. The van der Waals surface area contributed by atoms with Gasteiger partial charge in [-0.3, -0.25) is 4.99 Å². The minimum atomic E-state index is 0.0257. The van der Waals surface area contributed by atoms with Gasteiger partial charge >= 0.3 is 0 Å². The summed E-state index contributed by atoms with van der Waals surface area (Å²) in [5, 5.41) is 0. The highest BCUT2D eigenvalue weighted by Crippen LogP contribution is 2.25. The van der Waals surface area contributed by atoms with Gasteiger partial charge in [-0.05, 0) is 25.2 Å². The molecule has 0 aliphatic heterocycles. The van der Waals surface area contributed by atoms with Crippen LogP contribution in [0.5, 0.6) is 0 Å². The van der Waals surface area contributed by atoms with Gasteiger partial charge in [-0.15, -0.1) is 0 Å². The molecule has 0 aromatic carbocycles. The summed E-state index contributed by atoms with van der Waals surface area (Å²) in [6.45, 7) is 8.74. The van der Waals surface area contributed by atoms with Crippen molar-refractivity contribution in [2.75, 3.05) is 0 Å². The van der Waals surface area contributed by atoms with Crippen LogP contribution in [0.3, 0.4) is 0 Å². The minimum absolute atomic E-state index is 0.0257. The molecule has 2 heteroatoms. The first-order chi connectivity index (χ1) is 6.89. The Kier molecular flexibility index (Phi) is 4.18. The van der Waals surface area contributed by atoms with Crippen LogP contribution in [0.25, 0.3) is 0 Å². The Morgan fingerprint density at radius 2 is 1.80 bits per heavy atom. The Morgan fingerprint density at radius 3 is 2.40 bits per heavy atom. The van der Waals surface area contributed by atoms with Gasteiger partial charge in [0.2, 0.25) is 0 Å². The molecule has 2 nitrogen and oxygen atoms in total. The monoisotopic (exact) mass is 210 g/mol. The van der Waals surface area contributed by atoms with E-state index >= 15 is 0 Å². The van der Waals surface area contributed by atoms with Gasteiger partial charge in [0.25, 0.3) is 0 Å². The van der Waals surface area contributed by atoms with Crippen molar-refractivity contribution in [1.29, 1.82) is 0 Å². The molecule has 88 valence electrons. The number of hydrogen-bond donors (Lipinski definition) is 1. The van der Waals surface area contributed by atoms with Gasteiger partial charge in [0.05, 0.1) is 11.9 Å². The lowest BCUT2D eigenvalue weighted by Crippen LogP contribution is -2.30. The van der Waals surface area contributed by atoms with Crippen molar-refractivity contribution in [3.63, 3.8) is 0 Å². The molecule has 15 heavy (non-hydrogen) atoms. The number of nitrogens with zero attached hydrogens (tertiary/aromatic N) is 1. The molecule has 2 atom stereocenters. The first-order valence-electron chi connectivity index (χ1n) is 6.23. The second-order valence-electron chi connectivity index (χ2n) is 6.03. The molecule has 1 saturated carbocycles. The van der Waals surface area contributed by atoms with E-state index in [0.717, 1.165) is 11.8 Å². The molecule has 0 spiro atoms. The molecule has 0 aromatic heterocycles. The molecule has 1 aliphatic carbocycles. The largest absolute Gasteiger partial charge is 0.387 e. The van der Waals surface area contributed by atoms with Crippen LogP contribution < -0.4 is 5.73 Å². The van der Waals surface area contributed by atoms with Crippen LogP contribution in [0.1, 0.15) is 59.8 Å². The Balaban J connectivity index is 2.57. The van der Waals surface area contributed by atoms with E-state index in [0.29, 0.717) is 6.04 Å². The summed E-state index contributed by atoms with van der Waals surface area (Å²) < 4.78 is 0. The number of hydrogen-bond acceptors (Lipinski definition) is 1. The predicted molar refractivity (Wildman–Crippen MR) is 67.1 cm³/mol. The van der Waals surface area contributed by atoms with Crippen molar-refractivity contribution < 1.29 is 0 Å². The van der Waals surface area contributed by atoms with Crippen LogP contribution in [0.2, 0.25) is 0 Å². The van der Waals surface area contributed by atoms with Gasteiger partial charge in [-0.1, -0.05) is 40.5 Å². The average molecular weight is 210 g/mol. The molecule has 0 amide bonds. The second-order valence-corrected chi connectivity index (χ2v) is 6.03. The topological polar surface area (TPSA) is 38.4 Å². The summed E-state index contributed by atoms with van der Waals surface area (Å²) in [4.78, 5) is 4.70. The zero-order valence-corrected chi connectivity index (χ0v) is 10.7. The highest BCUT2D eigenvalue weighted by atomic mass is 14.9. The number of amidine groups is 1. The average Bonchev–Trinajstić information content (AvgIpc) is 2.29. The van der Waals surface area contributed by atoms with E-state index in [-0.39, 0.29) is 5.41 Å². The van der Waals surface area contributed by atoms with Gasteiger partial charge in [0.1, 0.15) is 0 Å². The van der Waals surface area contributed by atoms with E-state index < -0.39 is 0 Å². The molecule has 2 unspecified atom stereocenters. The lowest BCUT2D eigenvalue weighted by atomic mass is 9.95. The highest BCUT2D eigenvalue weighted by molar-refractivity contribution is 5.85. The molecular formula is C13H26N2. The Labute approximate surface area is 94.3 Å². The van der Waals surface area contributed by atoms with Crippen LogP contribution in [-0.4, -0.2) is 11.9 Å². The SMILES string of the molecule is CC1CCCC(N=C(N)C(C)(C)C)CC1. The quantitative estimate of drug-likeness (QED) is 0.402. The molecule has 0 heterocycles. The molecule has 0 saturated heterocycles. The van der Waals surface area contributed by atoms with Crippen molar-refractivity contribution in [3.8, 4) is 0 Å². The highest BCUT2D eigenvalue weighted by Gasteiger charge is 2.20. The summed E-state index contributed by atoms with van der Waals surface area (Å²) >= 11 is 0. The third-order valence-electron chi connectivity index (χ3n) is 3.32. The zero-order chi connectivity index (χ0) is 11.5. The third-order valence-corrected chi connectivity index (χ3v) is 3.32. The van der Waals surface area contributed by atoms with Crippen LogP contribution in [0.15, 0.2) is 4.99 Å². The fourth-order valence-corrected chi connectivity index (χ4v) is 1.99. The van der Waals surface area contributed by atoms with Gasteiger partial charge in [0, 0.05) is 5.41 Å². The maximum absolute atomic E-state index is 6.02. The van der Waals surface area contributed by atoms with E-state index in [1.165, 1.54) is 32.1 Å². The molecule has 2 N–H and O–H groups in total. The first kappa shape index (κ1) is 12.5.